The molecule has 1 aromatic carbocycles. The van der Waals surface area contributed by atoms with Crippen LogP contribution in [0.5, 0.6) is 0 Å². The zero-order valence-electron chi connectivity index (χ0n) is 7.22. The van der Waals surface area contributed by atoms with E-state index < -0.39 is 0 Å². The molecule has 14 heavy (non-hydrogen) atoms. The van der Waals surface area contributed by atoms with E-state index in [1.807, 2.05) is 30.3 Å². The maximum atomic E-state index is 11.2. The van der Waals surface area contributed by atoms with Gasteiger partial charge in [-0.25, -0.2) is 4.98 Å². The average molecular weight is 207 g/mol. The van der Waals surface area contributed by atoms with E-state index in [1.54, 1.807) is 0 Å². The second kappa shape index (κ2) is 3.64. The van der Waals surface area contributed by atoms with Gasteiger partial charge in [0.25, 0.3) is 0 Å². The zero-order chi connectivity index (χ0) is 9.97. The molecule has 2 rings (SSSR count). The summed E-state index contributed by atoms with van der Waals surface area (Å²) in [7, 11) is 0. The Hall–Kier alpha value is -1.61. The topological polar surface area (TPSA) is 39.8 Å². The molecule has 0 fully saturated rings. The first-order valence-corrected chi connectivity index (χ1v) is 4.45. The van der Waals surface area contributed by atoms with Crippen LogP contribution in [0.15, 0.2) is 42.7 Å². The molecule has 0 unspecified atom stereocenters. The predicted molar refractivity (Wildman–Crippen MR) is 53.6 cm³/mol. The highest BCUT2D eigenvalue weighted by Crippen LogP contribution is 2.14. The Bertz CT molecular complexity index is 445. The van der Waals surface area contributed by atoms with Gasteiger partial charge in [-0.05, 0) is 11.6 Å². The smallest absolute Gasteiger partial charge is 0.304 e. The Morgan fingerprint density at radius 1 is 1.21 bits per heavy atom. The highest BCUT2D eigenvalue weighted by atomic mass is 35.5. The Kier molecular flexibility index (Phi) is 2.33. The van der Waals surface area contributed by atoms with Crippen molar-refractivity contribution in [1.29, 1.82) is 0 Å². The van der Waals surface area contributed by atoms with E-state index in [2.05, 4.69) is 4.98 Å². The lowest BCUT2D eigenvalue weighted by molar-refractivity contribution is -0.603. The molecule has 3 nitrogen and oxygen atoms in total. The third kappa shape index (κ3) is 1.67. The summed E-state index contributed by atoms with van der Waals surface area (Å²) >= 11 is 5.56. The minimum Gasteiger partial charge on any atom is -0.618 e. The van der Waals surface area contributed by atoms with Crippen LogP contribution >= 0.6 is 11.6 Å². The van der Waals surface area contributed by atoms with Crippen molar-refractivity contribution in [3.63, 3.8) is 0 Å². The summed E-state index contributed by atoms with van der Waals surface area (Å²) in [5, 5.41) is 11.2. The highest BCUT2D eigenvalue weighted by Gasteiger charge is 2.05. The molecule has 0 bridgehead atoms. The summed E-state index contributed by atoms with van der Waals surface area (Å²) in [5.41, 5.74) is 1.51. The molecule has 2 aromatic rings. The first-order valence-electron chi connectivity index (χ1n) is 4.07. The lowest BCUT2D eigenvalue weighted by Gasteiger charge is -2.01. The second-order valence-corrected chi connectivity index (χ2v) is 3.17. The largest absolute Gasteiger partial charge is 0.618 e. The molecule has 0 saturated carbocycles. The van der Waals surface area contributed by atoms with E-state index in [1.165, 1.54) is 12.4 Å². The van der Waals surface area contributed by atoms with E-state index in [0.29, 0.717) is 10.4 Å². The van der Waals surface area contributed by atoms with Crippen LogP contribution in [-0.2, 0) is 0 Å². The lowest BCUT2D eigenvalue weighted by atomic mass is 10.2. The first kappa shape index (κ1) is 8.97. The van der Waals surface area contributed by atoms with E-state index >= 15 is 0 Å². The van der Waals surface area contributed by atoms with E-state index in [0.717, 1.165) is 5.56 Å². The number of aromatic nitrogens is 2. The Morgan fingerprint density at radius 2 is 1.93 bits per heavy atom. The monoisotopic (exact) mass is 206 g/mol. The van der Waals surface area contributed by atoms with Crippen LogP contribution in [0.4, 0.5) is 0 Å². The molecular weight excluding hydrogens is 200 g/mol. The van der Waals surface area contributed by atoms with Gasteiger partial charge in [0.15, 0.2) is 0 Å². The molecular formula is C10H7ClN2O. The van der Waals surface area contributed by atoms with E-state index in [-0.39, 0.29) is 5.15 Å². The zero-order valence-corrected chi connectivity index (χ0v) is 7.98. The van der Waals surface area contributed by atoms with Crippen molar-refractivity contribution in [3.8, 4) is 11.3 Å². The fraction of sp³-hybridized carbons (Fsp3) is 0. The van der Waals surface area contributed by atoms with Crippen LogP contribution in [-0.4, -0.2) is 4.98 Å². The summed E-state index contributed by atoms with van der Waals surface area (Å²) in [5.74, 6) is 0. The summed E-state index contributed by atoms with van der Waals surface area (Å²) < 4.78 is 0.594. The molecule has 0 spiro atoms. The quantitative estimate of drug-likeness (QED) is 0.529. The predicted octanol–water partition coefficient (Wildman–Crippen LogP) is 2.04. The van der Waals surface area contributed by atoms with Crippen molar-refractivity contribution >= 4 is 11.6 Å². The van der Waals surface area contributed by atoms with E-state index in [9.17, 15) is 5.21 Å². The Morgan fingerprint density at radius 3 is 2.57 bits per heavy atom. The molecule has 1 heterocycles. The molecule has 0 aliphatic carbocycles. The van der Waals surface area contributed by atoms with Gasteiger partial charge in [-0.15, -0.1) is 0 Å². The summed E-state index contributed by atoms with van der Waals surface area (Å²) in [6.45, 7) is 0. The fourth-order valence-electron chi connectivity index (χ4n) is 1.14. The Balaban J connectivity index is 2.48. The van der Waals surface area contributed by atoms with Gasteiger partial charge in [-0.1, -0.05) is 30.3 Å². The van der Waals surface area contributed by atoms with Crippen molar-refractivity contribution in [2.75, 3.05) is 0 Å². The SMILES string of the molecule is [O-][n+]1cc(-c2ccccc2)ncc1Cl. The third-order valence-corrected chi connectivity index (χ3v) is 2.09. The van der Waals surface area contributed by atoms with Crippen molar-refractivity contribution in [2.45, 2.75) is 0 Å². The van der Waals surface area contributed by atoms with Crippen molar-refractivity contribution < 1.29 is 4.73 Å². The molecule has 0 radical (unpaired) electrons. The average Bonchev–Trinajstić information content (AvgIpc) is 2.23. The van der Waals surface area contributed by atoms with Crippen LogP contribution in [0.2, 0.25) is 5.15 Å². The molecule has 0 aliphatic heterocycles. The summed E-state index contributed by atoms with van der Waals surface area (Å²) in [6.07, 6.45) is 2.70. The maximum Gasteiger partial charge on any atom is 0.304 e. The number of halogens is 1. The molecule has 0 atom stereocenters. The molecule has 0 N–H and O–H groups in total. The standard InChI is InChI=1S/C10H7ClN2O/c11-10-6-12-9(7-13(10)14)8-4-2-1-3-5-8/h1-7H. The van der Waals surface area contributed by atoms with Gasteiger partial charge in [-0.2, -0.15) is 4.73 Å². The van der Waals surface area contributed by atoms with Crippen molar-refractivity contribution in [2.24, 2.45) is 0 Å². The van der Waals surface area contributed by atoms with Crippen LogP contribution in [0.1, 0.15) is 0 Å². The first-order chi connectivity index (χ1) is 6.77. The Labute approximate surface area is 86.2 Å². The normalized spacial score (nSPS) is 10.1. The fourth-order valence-corrected chi connectivity index (χ4v) is 1.24. The van der Waals surface area contributed by atoms with Gasteiger partial charge in [0.05, 0.1) is 0 Å². The number of benzene rings is 1. The highest BCUT2D eigenvalue weighted by molar-refractivity contribution is 6.28. The number of hydrogen-bond acceptors (Lipinski definition) is 2. The molecule has 70 valence electrons. The number of hydrogen-bond donors (Lipinski definition) is 0. The summed E-state index contributed by atoms with van der Waals surface area (Å²) in [4.78, 5) is 4.06. The van der Waals surface area contributed by atoms with Crippen LogP contribution in [0, 0.1) is 5.21 Å². The second-order valence-electron chi connectivity index (χ2n) is 2.79. The minimum absolute atomic E-state index is 0.0738. The summed E-state index contributed by atoms with van der Waals surface area (Å²) in [6, 6.07) is 9.46. The van der Waals surface area contributed by atoms with Gasteiger partial charge < -0.3 is 5.21 Å². The molecule has 1 aromatic heterocycles. The van der Waals surface area contributed by atoms with Crippen LogP contribution < -0.4 is 4.73 Å². The molecule has 0 saturated heterocycles. The van der Waals surface area contributed by atoms with Gasteiger partial charge in [0.2, 0.25) is 6.20 Å². The number of rotatable bonds is 1. The maximum absolute atomic E-state index is 11.2. The van der Waals surface area contributed by atoms with Crippen molar-refractivity contribution in [3.05, 3.63) is 53.1 Å². The van der Waals surface area contributed by atoms with Gasteiger partial charge in [0, 0.05) is 5.56 Å². The third-order valence-electron chi connectivity index (χ3n) is 1.83. The van der Waals surface area contributed by atoms with Gasteiger partial charge in [-0.3, -0.25) is 0 Å². The molecule has 0 aliphatic rings. The van der Waals surface area contributed by atoms with Crippen molar-refractivity contribution in [1.82, 2.24) is 4.98 Å². The van der Waals surface area contributed by atoms with Crippen LogP contribution in [0.25, 0.3) is 11.3 Å². The number of nitrogens with zero attached hydrogens (tertiary/aromatic N) is 2. The van der Waals surface area contributed by atoms with E-state index in [4.69, 9.17) is 11.6 Å². The van der Waals surface area contributed by atoms with Gasteiger partial charge >= 0.3 is 5.15 Å². The lowest BCUT2D eigenvalue weighted by Crippen LogP contribution is -2.27. The molecule has 0 amide bonds. The minimum atomic E-state index is 0.0738. The van der Waals surface area contributed by atoms with Crippen LogP contribution in [0.3, 0.4) is 0 Å². The van der Waals surface area contributed by atoms with Gasteiger partial charge in [0.1, 0.15) is 11.9 Å². The molecule has 4 heteroatoms.